The molecule has 0 saturated carbocycles. The fourth-order valence-corrected chi connectivity index (χ4v) is 1.79. The summed E-state index contributed by atoms with van der Waals surface area (Å²) in [6, 6.07) is 5.90. The summed E-state index contributed by atoms with van der Waals surface area (Å²) >= 11 is 1.58. The van der Waals surface area contributed by atoms with Crippen LogP contribution in [0.1, 0.15) is 5.69 Å². The summed E-state index contributed by atoms with van der Waals surface area (Å²) in [7, 11) is 1.86. The molecule has 0 radical (unpaired) electrons. The van der Waals surface area contributed by atoms with Gasteiger partial charge in [0.1, 0.15) is 12.1 Å². The highest BCUT2D eigenvalue weighted by Gasteiger charge is 2.00. The Morgan fingerprint density at radius 2 is 2.40 bits per heavy atom. The van der Waals surface area contributed by atoms with Gasteiger partial charge in [0.25, 0.3) is 0 Å². The van der Waals surface area contributed by atoms with Crippen LogP contribution in [0.5, 0.6) is 0 Å². The predicted molar refractivity (Wildman–Crippen MR) is 59.7 cm³/mol. The molecule has 0 amide bonds. The molecule has 0 saturated heterocycles. The molecule has 2 rings (SSSR count). The Morgan fingerprint density at radius 1 is 1.47 bits per heavy atom. The quantitative estimate of drug-likeness (QED) is 0.766. The molecule has 0 aromatic carbocycles. The first kappa shape index (κ1) is 9.97. The van der Waals surface area contributed by atoms with Crippen molar-refractivity contribution < 1.29 is 0 Å². The van der Waals surface area contributed by atoms with Gasteiger partial charge in [-0.15, -0.1) is 0 Å². The van der Waals surface area contributed by atoms with E-state index in [1.165, 1.54) is 6.33 Å². The Labute approximate surface area is 91.7 Å². The summed E-state index contributed by atoms with van der Waals surface area (Å²) in [5.41, 5.74) is 1.02. The van der Waals surface area contributed by atoms with Gasteiger partial charge in [-0.25, -0.2) is 9.97 Å². The molecule has 2 heterocycles. The third-order valence-electron chi connectivity index (χ3n) is 1.81. The Hall–Kier alpha value is -1.56. The second kappa shape index (κ2) is 4.79. The maximum Gasteiger partial charge on any atom is 0.183 e. The Kier molecular flexibility index (Phi) is 3.18. The van der Waals surface area contributed by atoms with E-state index in [1.54, 1.807) is 11.8 Å². The van der Waals surface area contributed by atoms with E-state index in [1.807, 2.05) is 25.2 Å². The molecule has 15 heavy (non-hydrogen) atoms. The molecule has 5 nitrogen and oxygen atoms in total. The first-order chi connectivity index (χ1) is 7.38. The zero-order chi connectivity index (χ0) is 10.5. The minimum atomic E-state index is 0.782. The Bertz CT molecular complexity index is 414. The van der Waals surface area contributed by atoms with Gasteiger partial charge in [-0.3, -0.25) is 5.10 Å². The van der Waals surface area contributed by atoms with Crippen LogP contribution >= 0.6 is 11.8 Å². The van der Waals surface area contributed by atoms with Crippen LogP contribution < -0.4 is 5.32 Å². The van der Waals surface area contributed by atoms with E-state index in [9.17, 15) is 0 Å². The van der Waals surface area contributed by atoms with Crippen LogP contribution in [0.15, 0.2) is 29.7 Å². The molecule has 0 unspecified atom stereocenters. The van der Waals surface area contributed by atoms with Crippen molar-refractivity contribution in [2.24, 2.45) is 0 Å². The normalized spacial score (nSPS) is 10.2. The van der Waals surface area contributed by atoms with Crippen molar-refractivity contribution in [3.8, 4) is 0 Å². The van der Waals surface area contributed by atoms with Crippen molar-refractivity contribution in [2.75, 3.05) is 12.4 Å². The van der Waals surface area contributed by atoms with E-state index in [-0.39, 0.29) is 0 Å². The minimum absolute atomic E-state index is 0.782. The molecule has 0 bridgehead atoms. The van der Waals surface area contributed by atoms with E-state index in [0.717, 1.165) is 22.4 Å². The molecule has 0 aliphatic carbocycles. The lowest BCUT2D eigenvalue weighted by molar-refractivity contribution is 0.971. The highest BCUT2D eigenvalue weighted by molar-refractivity contribution is 7.98. The summed E-state index contributed by atoms with van der Waals surface area (Å²) in [5, 5.41) is 10.4. The third-order valence-corrected chi connectivity index (χ3v) is 2.72. The second-order valence-corrected chi connectivity index (χ2v) is 3.81. The summed E-state index contributed by atoms with van der Waals surface area (Å²) in [4.78, 5) is 8.42. The van der Waals surface area contributed by atoms with Gasteiger partial charge in [-0.2, -0.15) is 5.10 Å². The Morgan fingerprint density at radius 3 is 3.13 bits per heavy atom. The van der Waals surface area contributed by atoms with Crippen LogP contribution in [0.2, 0.25) is 0 Å². The van der Waals surface area contributed by atoms with Crippen LogP contribution in [-0.4, -0.2) is 27.2 Å². The van der Waals surface area contributed by atoms with Gasteiger partial charge >= 0.3 is 0 Å². The van der Waals surface area contributed by atoms with E-state index in [0.29, 0.717) is 0 Å². The minimum Gasteiger partial charge on any atom is -0.373 e. The summed E-state index contributed by atoms with van der Waals surface area (Å²) in [6.45, 7) is 0. The average Bonchev–Trinajstić information content (AvgIpc) is 2.79. The highest BCUT2D eigenvalue weighted by Crippen LogP contribution is 2.17. The van der Waals surface area contributed by atoms with Crippen molar-refractivity contribution >= 4 is 17.6 Å². The molecule has 6 heteroatoms. The third kappa shape index (κ3) is 2.69. The number of aromatic amines is 1. The van der Waals surface area contributed by atoms with E-state index >= 15 is 0 Å². The van der Waals surface area contributed by atoms with Gasteiger partial charge in [-0.1, -0.05) is 17.8 Å². The molecule has 2 aromatic rings. The number of hydrogen-bond acceptors (Lipinski definition) is 5. The van der Waals surface area contributed by atoms with E-state index < -0.39 is 0 Å². The Balaban J connectivity index is 1.98. The van der Waals surface area contributed by atoms with Gasteiger partial charge in [0.2, 0.25) is 0 Å². The van der Waals surface area contributed by atoms with Crippen LogP contribution in [-0.2, 0) is 5.75 Å². The largest absolute Gasteiger partial charge is 0.373 e. The van der Waals surface area contributed by atoms with Crippen LogP contribution in [0.3, 0.4) is 0 Å². The van der Waals surface area contributed by atoms with Crippen LogP contribution in [0, 0.1) is 0 Å². The summed E-state index contributed by atoms with van der Waals surface area (Å²) in [5.74, 6) is 1.66. The van der Waals surface area contributed by atoms with Crippen LogP contribution in [0.4, 0.5) is 5.82 Å². The predicted octanol–water partition coefficient (Wildman–Crippen LogP) is 1.53. The number of rotatable bonds is 4. The number of hydrogen-bond donors (Lipinski definition) is 2. The van der Waals surface area contributed by atoms with Gasteiger partial charge in [0.05, 0.1) is 5.69 Å². The average molecular weight is 221 g/mol. The first-order valence-corrected chi connectivity index (χ1v) is 5.49. The number of nitrogens with one attached hydrogen (secondary N) is 2. The standard InChI is InChI=1S/C9H11N5S/c1-10-8-4-2-3-7(13-8)5-15-9-11-6-12-14-9/h2-4,6H,5H2,1H3,(H,10,13)(H,11,12,14). The van der Waals surface area contributed by atoms with Gasteiger partial charge in [0, 0.05) is 12.8 Å². The van der Waals surface area contributed by atoms with Crippen LogP contribution in [0.25, 0.3) is 0 Å². The SMILES string of the molecule is CNc1cccc(CSc2ncn[nH]2)n1. The molecular weight excluding hydrogens is 210 g/mol. The number of H-pyrrole nitrogens is 1. The molecule has 0 atom stereocenters. The number of thioether (sulfide) groups is 1. The fourth-order valence-electron chi connectivity index (χ4n) is 1.11. The maximum atomic E-state index is 4.40. The molecule has 0 aliphatic rings. The van der Waals surface area contributed by atoms with E-state index in [4.69, 9.17) is 0 Å². The molecule has 78 valence electrons. The lowest BCUT2D eigenvalue weighted by Crippen LogP contribution is -1.94. The van der Waals surface area contributed by atoms with Crippen molar-refractivity contribution in [3.63, 3.8) is 0 Å². The molecule has 2 N–H and O–H groups in total. The lowest BCUT2D eigenvalue weighted by Gasteiger charge is -2.01. The maximum absolute atomic E-state index is 4.40. The van der Waals surface area contributed by atoms with Crippen molar-refractivity contribution in [2.45, 2.75) is 10.9 Å². The van der Waals surface area contributed by atoms with Crippen molar-refractivity contribution in [1.29, 1.82) is 0 Å². The second-order valence-electron chi connectivity index (χ2n) is 2.84. The first-order valence-electron chi connectivity index (χ1n) is 4.50. The van der Waals surface area contributed by atoms with Crippen molar-refractivity contribution in [3.05, 3.63) is 30.2 Å². The zero-order valence-corrected chi connectivity index (χ0v) is 9.08. The topological polar surface area (TPSA) is 66.5 Å². The smallest absolute Gasteiger partial charge is 0.183 e. The van der Waals surface area contributed by atoms with Gasteiger partial charge in [0.15, 0.2) is 5.16 Å². The van der Waals surface area contributed by atoms with E-state index in [2.05, 4.69) is 25.5 Å². The monoisotopic (exact) mass is 221 g/mol. The van der Waals surface area contributed by atoms with Crippen molar-refractivity contribution in [1.82, 2.24) is 20.2 Å². The molecule has 0 fully saturated rings. The summed E-state index contributed by atoms with van der Waals surface area (Å²) < 4.78 is 0. The van der Waals surface area contributed by atoms with Gasteiger partial charge < -0.3 is 5.32 Å². The molecule has 0 spiro atoms. The number of aromatic nitrogens is 4. The lowest BCUT2D eigenvalue weighted by atomic mass is 10.4. The number of pyridine rings is 1. The number of anilines is 1. The fraction of sp³-hybridized carbons (Fsp3) is 0.222. The molecule has 0 aliphatic heterocycles. The molecule has 2 aromatic heterocycles. The zero-order valence-electron chi connectivity index (χ0n) is 8.27. The molecular formula is C9H11N5S. The highest BCUT2D eigenvalue weighted by atomic mass is 32.2. The number of nitrogens with zero attached hydrogens (tertiary/aromatic N) is 3. The summed E-state index contributed by atoms with van der Waals surface area (Å²) in [6.07, 6.45) is 1.50. The van der Waals surface area contributed by atoms with Gasteiger partial charge in [-0.05, 0) is 12.1 Å².